The van der Waals surface area contributed by atoms with E-state index in [4.69, 9.17) is 14.2 Å². The van der Waals surface area contributed by atoms with Crippen molar-refractivity contribution in [3.05, 3.63) is 11.6 Å². The Morgan fingerprint density at radius 1 is 1.17 bits per heavy atom. The van der Waals surface area contributed by atoms with Crippen molar-refractivity contribution < 1.29 is 38.5 Å². The molecule has 5 aliphatic rings. The number of hydrogen-bond acceptors (Lipinski definition) is 8. The lowest BCUT2D eigenvalue weighted by Gasteiger charge is -2.69. The highest BCUT2D eigenvalue weighted by molar-refractivity contribution is 5.93. The largest absolute Gasteiger partial charge is 0.465 e. The molecule has 8 heteroatoms. The number of cyclic esters (lactones) is 1. The molecule has 0 aromatic carbocycles. The summed E-state index contributed by atoms with van der Waals surface area (Å²) in [5.41, 5.74) is -1.16. The van der Waals surface area contributed by atoms with Gasteiger partial charge in [0.05, 0.1) is 13.0 Å². The summed E-state index contributed by atoms with van der Waals surface area (Å²) in [6.45, 7) is 9.74. The number of esters is 3. The number of aliphatic hydroxyl groups is 1. The van der Waals surface area contributed by atoms with Crippen LogP contribution in [0.25, 0.3) is 0 Å². The zero-order chi connectivity index (χ0) is 25.5. The molecular formula is C27H36O8. The number of hydrogen-bond donors (Lipinski definition) is 1. The van der Waals surface area contributed by atoms with E-state index in [0.29, 0.717) is 32.3 Å². The van der Waals surface area contributed by atoms with Gasteiger partial charge in [-0.2, -0.15) is 0 Å². The van der Waals surface area contributed by atoms with Crippen LogP contribution in [0.5, 0.6) is 0 Å². The van der Waals surface area contributed by atoms with Crippen molar-refractivity contribution in [2.24, 2.45) is 39.9 Å². The highest BCUT2D eigenvalue weighted by Gasteiger charge is 2.74. The van der Waals surface area contributed by atoms with E-state index in [1.54, 1.807) is 6.08 Å². The molecule has 0 unspecified atom stereocenters. The highest BCUT2D eigenvalue weighted by Crippen LogP contribution is 2.71. The Kier molecular flexibility index (Phi) is 5.52. The maximum absolute atomic E-state index is 13.7. The van der Waals surface area contributed by atoms with E-state index in [-0.39, 0.29) is 41.9 Å². The van der Waals surface area contributed by atoms with Gasteiger partial charge in [-0.3, -0.25) is 19.2 Å². The van der Waals surface area contributed by atoms with Crippen LogP contribution < -0.4 is 0 Å². The van der Waals surface area contributed by atoms with Gasteiger partial charge in [0.15, 0.2) is 5.78 Å². The normalized spacial score (nSPS) is 48.8. The molecule has 35 heavy (non-hydrogen) atoms. The third-order valence-corrected chi connectivity index (χ3v) is 10.2. The topological polar surface area (TPSA) is 116 Å². The van der Waals surface area contributed by atoms with E-state index in [0.717, 1.165) is 5.57 Å². The van der Waals surface area contributed by atoms with Gasteiger partial charge in [0.1, 0.15) is 18.3 Å². The summed E-state index contributed by atoms with van der Waals surface area (Å²) in [7, 11) is 0. The number of fused-ring (bicyclic) bond motifs is 2. The van der Waals surface area contributed by atoms with E-state index < -0.39 is 46.4 Å². The summed E-state index contributed by atoms with van der Waals surface area (Å²) in [6, 6.07) is 0. The molecule has 5 rings (SSSR count). The standard InChI is InChI=1S/C27H36O8/c1-13-6-17(29)24(32)26(4)16(13)8-20-27(5)19(9-22(31)35-20)25(3,10-15-7-21(30)33-12-15)11-18(23(26)27)34-14(2)28/h6,15-20,23,29H,7-12H2,1-5H3/t15-,16-,17+,18+,19-,20+,23+,25+,26-,27+/m0/s1. The van der Waals surface area contributed by atoms with Crippen molar-refractivity contribution in [1.82, 2.24) is 0 Å². The fourth-order valence-corrected chi connectivity index (χ4v) is 9.14. The van der Waals surface area contributed by atoms with Crippen LogP contribution in [0.2, 0.25) is 0 Å². The molecule has 2 saturated carbocycles. The zero-order valence-corrected chi connectivity index (χ0v) is 21.2. The monoisotopic (exact) mass is 488 g/mol. The molecule has 2 heterocycles. The summed E-state index contributed by atoms with van der Waals surface area (Å²) in [5.74, 6) is -1.92. The number of ketones is 1. The Morgan fingerprint density at radius 2 is 1.89 bits per heavy atom. The molecule has 0 spiro atoms. The van der Waals surface area contributed by atoms with Crippen molar-refractivity contribution in [1.29, 1.82) is 0 Å². The van der Waals surface area contributed by atoms with Gasteiger partial charge in [-0.05, 0) is 49.5 Å². The van der Waals surface area contributed by atoms with Crippen LogP contribution in [0, 0.1) is 39.9 Å². The summed E-state index contributed by atoms with van der Waals surface area (Å²) < 4.78 is 17.2. The van der Waals surface area contributed by atoms with Crippen LogP contribution in [0.1, 0.15) is 66.7 Å². The van der Waals surface area contributed by atoms with Crippen molar-refractivity contribution >= 4 is 23.7 Å². The Hall–Kier alpha value is -2.22. The van der Waals surface area contributed by atoms with Crippen molar-refractivity contribution in [3.63, 3.8) is 0 Å². The van der Waals surface area contributed by atoms with Crippen LogP contribution in [0.4, 0.5) is 0 Å². The molecular weight excluding hydrogens is 452 g/mol. The van der Waals surface area contributed by atoms with Crippen LogP contribution >= 0.6 is 0 Å². The molecule has 3 aliphatic carbocycles. The van der Waals surface area contributed by atoms with Crippen molar-refractivity contribution in [3.8, 4) is 0 Å². The first-order valence-electron chi connectivity index (χ1n) is 12.7. The second-order valence-corrected chi connectivity index (χ2v) is 12.3. The highest BCUT2D eigenvalue weighted by atomic mass is 16.6. The Morgan fingerprint density at radius 3 is 2.51 bits per heavy atom. The molecule has 8 nitrogen and oxygen atoms in total. The fourth-order valence-electron chi connectivity index (χ4n) is 9.14. The first-order chi connectivity index (χ1) is 16.3. The molecule has 0 aromatic heterocycles. The lowest BCUT2D eigenvalue weighted by Crippen LogP contribution is -2.73. The summed E-state index contributed by atoms with van der Waals surface area (Å²) in [5, 5.41) is 10.7. The second kappa shape index (κ2) is 7.89. The molecule has 10 atom stereocenters. The third kappa shape index (κ3) is 3.42. The maximum atomic E-state index is 13.7. The summed E-state index contributed by atoms with van der Waals surface area (Å²) >= 11 is 0. The van der Waals surface area contributed by atoms with E-state index >= 15 is 0 Å². The lowest BCUT2D eigenvalue weighted by molar-refractivity contribution is -0.272. The van der Waals surface area contributed by atoms with Gasteiger partial charge in [-0.25, -0.2) is 0 Å². The fraction of sp³-hybridized carbons (Fsp3) is 0.778. The minimum absolute atomic E-state index is 0.0252. The molecule has 4 fully saturated rings. The predicted octanol–water partition coefficient (Wildman–Crippen LogP) is 2.75. The zero-order valence-electron chi connectivity index (χ0n) is 21.2. The van der Waals surface area contributed by atoms with Gasteiger partial charge >= 0.3 is 17.9 Å². The van der Waals surface area contributed by atoms with E-state index in [2.05, 4.69) is 13.8 Å². The number of ether oxygens (including phenoxy) is 3. The number of aliphatic hydroxyl groups excluding tert-OH is 1. The lowest BCUT2D eigenvalue weighted by atomic mass is 9.36. The van der Waals surface area contributed by atoms with E-state index in [1.165, 1.54) is 6.92 Å². The Bertz CT molecular complexity index is 1020. The minimum atomic E-state index is -1.21. The molecule has 2 aliphatic heterocycles. The predicted molar refractivity (Wildman–Crippen MR) is 123 cm³/mol. The third-order valence-electron chi connectivity index (χ3n) is 10.2. The molecule has 0 radical (unpaired) electrons. The average Bonchev–Trinajstić information content (AvgIpc) is 3.14. The molecule has 0 bridgehead atoms. The number of rotatable bonds is 3. The number of carbonyl (C=O) groups is 4. The quantitative estimate of drug-likeness (QED) is 0.366. The summed E-state index contributed by atoms with van der Waals surface area (Å²) in [6.07, 6.45) is 1.51. The molecule has 0 aromatic rings. The average molecular weight is 489 g/mol. The summed E-state index contributed by atoms with van der Waals surface area (Å²) in [4.78, 5) is 50.8. The van der Waals surface area contributed by atoms with Crippen molar-refractivity contribution in [2.45, 2.75) is 85.0 Å². The second-order valence-electron chi connectivity index (χ2n) is 12.3. The smallest absolute Gasteiger partial charge is 0.306 e. The number of Topliss-reactive ketones (excluding diaryl/α,β-unsaturated/α-hetero) is 1. The van der Waals surface area contributed by atoms with Crippen LogP contribution in [-0.2, 0) is 33.4 Å². The van der Waals surface area contributed by atoms with Crippen LogP contribution in [-0.4, -0.2) is 53.7 Å². The van der Waals surface area contributed by atoms with E-state index in [9.17, 15) is 24.3 Å². The van der Waals surface area contributed by atoms with E-state index in [1.807, 2.05) is 13.8 Å². The number of carbonyl (C=O) groups excluding carboxylic acids is 4. The Labute approximate surface area is 205 Å². The molecule has 1 N–H and O–H groups in total. The molecule has 0 amide bonds. The van der Waals surface area contributed by atoms with Gasteiger partial charge in [0.2, 0.25) is 0 Å². The maximum Gasteiger partial charge on any atom is 0.306 e. The van der Waals surface area contributed by atoms with Gasteiger partial charge in [0.25, 0.3) is 0 Å². The SMILES string of the molecule is CC(=O)O[C@@H]1C[C@@](C)(C[C@H]2COC(=O)C2)[C@@H]2CC(=O)O[C@@H]3C[C@H]4C(C)=C[C@@H](O)C(=O)[C@]4(C)[C@@H]1[C@@]32C. The Balaban J connectivity index is 1.66. The van der Waals surface area contributed by atoms with Crippen LogP contribution in [0.3, 0.4) is 0 Å². The molecule has 192 valence electrons. The van der Waals surface area contributed by atoms with Crippen LogP contribution in [0.15, 0.2) is 11.6 Å². The number of allylic oxidation sites excluding steroid dienone is 1. The first-order valence-corrected chi connectivity index (χ1v) is 12.7. The van der Waals surface area contributed by atoms with Crippen molar-refractivity contribution in [2.75, 3.05) is 6.61 Å². The minimum Gasteiger partial charge on any atom is -0.465 e. The van der Waals surface area contributed by atoms with Gasteiger partial charge in [-0.15, -0.1) is 0 Å². The molecule has 2 saturated heterocycles. The van der Waals surface area contributed by atoms with Gasteiger partial charge in [0, 0.05) is 36.0 Å². The first kappa shape index (κ1) is 24.5. The van der Waals surface area contributed by atoms with Gasteiger partial charge < -0.3 is 19.3 Å². The van der Waals surface area contributed by atoms with Gasteiger partial charge in [-0.1, -0.05) is 26.3 Å².